The van der Waals surface area contributed by atoms with Crippen LogP contribution in [0.5, 0.6) is 0 Å². The van der Waals surface area contributed by atoms with E-state index in [4.69, 9.17) is 16.7 Å². The highest BCUT2D eigenvalue weighted by molar-refractivity contribution is 7.86. The number of aromatic amines is 1. The Kier molecular flexibility index (Phi) is 3.98. The van der Waals surface area contributed by atoms with Crippen molar-refractivity contribution < 1.29 is 8.42 Å². The molecular formula is C12H17ClN6O2S. The number of H-pyrrole nitrogens is 1. The predicted molar refractivity (Wildman–Crippen MR) is 85.0 cm³/mol. The van der Waals surface area contributed by atoms with E-state index < -0.39 is 10.2 Å². The normalized spacial score (nSPS) is 17.5. The summed E-state index contributed by atoms with van der Waals surface area (Å²) in [6.07, 6.45) is 4.54. The Hall–Kier alpha value is -1.42. The Morgan fingerprint density at radius 3 is 2.73 bits per heavy atom. The molecule has 0 unspecified atom stereocenters. The lowest BCUT2D eigenvalue weighted by molar-refractivity contribution is 0.312. The molecule has 1 saturated heterocycles. The molecule has 0 bridgehead atoms. The molecule has 0 saturated carbocycles. The van der Waals surface area contributed by atoms with Gasteiger partial charge in [-0.1, -0.05) is 11.6 Å². The highest BCUT2D eigenvalue weighted by Crippen LogP contribution is 2.31. The molecule has 0 radical (unpaired) electrons. The van der Waals surface area contributed by atoms with Gasteiger partial charge in [0.2, 0.25) is 0 Å². The van der Waals surface area contributed by atoms with Gasteiger partial charge in [0, 0.05) is 32.4 Å². The van der Waals surface area contributed by atoms with Crippen LogP contribution < -0.4 is 10.0 Å². The zero-order valence-corrected chi connectivity index (χ0v) is 13.6. The van der Waals surface area contributed by atoms with Gasteiger partial charge in [-0.25, -0.2) is 15.1 Å². The zero-order valence-electron chi connectivity index (χ0n) is 12.0. The largest absolute Gasteiger partial charge is 0.356 e. The van der Waals surface area contributed by atoms with E-state index in [1.54, 1.807) is 6.20 Å². The third-order valence-electron chi connectivity index (χ3n) is 4.08. The van der Waals surface area contributed by atoms with E-state index in [9.17, 15) is 8.42 Å². The molecule has 22 heavy (non-hydrogen) atoms. The summed E-state index contributed by atoms with van der Waals surface area (Å²) in [6, 6.07) is -0.0923. The molecule has 8 nitrogen and oxygen atoms in total. The van der Waals surface area contributed by atoms with Crippen molar-refractivity contribution in [1.82, 2.24) is 19.3 Å². The van der Waals surface area contributed by atoms with E-state index in [1.807, 2.05) is 0 Å². The summed E-state index contributed by atoms with van der Waals surface area (Å²) in [5.41, 5.74) is 0.693. The van der Waals surface area contributed by atoms with Crippen molar-refractivity contribution in [3.63, 3.8) is 0 Å². The van der Waals surface area contributed by atoms with Crippen LogP contribution in [0.25, 0.3) is 11.0 Å². The molecule has 0 spiro atoms. The Balaban J connectivity index is 1.80. The lowest BCUT2D eigenvalue weighted by Crippen LogP contribution is -2.47. The molecule has 0 aliphatic carbocycles. The number of anilines is 1. The van der Waals surface area contributed by atoms with E-state index >= 15 is 0 Å². The number of hydrogen-bond donors (Lipinski definition) is 2. The average Bonchev–Trinajstić information content (AvgIpc) is 2.87. The van der Waals surface area contributed by atoms with Crippen LogP contribution in [-0.4, -0.2) is 53.9 Å². The second-order valence-corrected chi connectivity index (χ2v) is 7.35. The first-order chi connectivity index (χ1) is 10.4. The molecule has 1 aliphatic rings. The summed E-state index contributed by atoms with van der Waals surface area (Å²) in [5, 5.41) is 6.55. The molecule has 3 rings (SSSR count). The Morgan fingerprint density at radius 2 is 2.09 bits per heavy atom. The maximum Gasteiger partial charge on any atom is 0.276 e. The molecule has 3 N–H and O–H groups in total. The highest BCUT2D eigenvalue weighted by atomic mass is 35.5. The van der Waals surface area contributed by atoms with E-state index in [2.05, 4.69) is 19.9 Å². The number of aromatic nitrogens is 3. The third kappa shape index (κ3) is 2.76. The molecule has 10 heteroatoms. The Labute approximate surface area is 133 Å². The van der Waals surface area contributed by atoms with Crippen molar-refractivity contribution in [2.75, 3.05) is 25.0 Å². The number of halogens is 1. The second-order valence-electron chi connectivity index (χ2n) is 5.34. The average molecular weight is 345 g/mol. The van der Waals surface area contributed by atoms with Gasteiger partial charge in [-0.3, -0.25) is 0 Å². The summed E-state index contributed by atoms with van der Waals surface area (Å²) in [6.45, 7) is 1.36. The number of nitrogens with zero attached hydrogens (tertiary/aromatic N) is 4. The maximum absolute atomic E-state index is 11.4. The Morgan fingerprint density at radius 1 is 1.41 bits per heavy atom. The lowest BCUT2D eigenvalue weighted by Gasteiger charge is -2.36. The van der Waals surface area contributed by atoms with E-state index in [-0.39, 0.29) is 6.04 Å². The van der Waals surface area contributed by atoms with Gasteiger partial charge in [0.05, 0.1) is 10.4 Å². The minimum absolute atomic E-state index is 0.0923. The fraction of sp³-hybridized carbons (Fsp3) is 0.500. The molecule has 2 aromatic rings. The summed E-state index contributed by atoms with van der Waals surface area (Å²) in [4.78, 5) is 13.6. The van der Waals surface area contributed by atoms with Gasteiger partial charge in [-0.2, -0.15) is 12.7 Å². The minimum atomic E-state index is -3.65. The third-order valence-corrected chi connectivity index (χ3v) is 5.48. The fourth-order valence-corrected chi connectivity index (χ4v) is 3.65. The topological polar surface area (TPSA) is 108 Å². The number of hydrogen-bond acceptors (Lipinski definition) is 5. The van der Waals surface area contributed by atoms with Gasteiger partial charge in [-0.05, 0) is 12.8 Å². The van der Waals surface area contributed by atoms with Crippen LogP contribution in [0.3, 0.4) is 0 Å². The second kappa shape index (κ2) is 5.65. The standard InChI is InChI=1S/C12H17ClN6O2S/c1-18(22(14,20)21)8-2-4-19(5-3-8)12-10-9(13)6-15-11(10)16-7-17-12/h6-8H,2-5H2,1H3,(H2,14,20,21)(H,15,16,17). The molecule has 0 aromatic carbocycles. The van der Waals surface area contributed by atoms with E-state index in [1.165, 1.54) is 17.7 Å². The Bertz CT molecular complexity index is 784. The zero-order chi connectivity index (χ0) is 15.9. The maximum atomic E-state index is 11.4. The molecule has 0 atom stereocenters. The molecule has 120 valence electrons. The van der Waals surface area contributed by atoms with E-state index in [0.29, 0.717) is 36.6 Å². The van der Waals surface area contributed by atoms with Crippen LogP contribution in [0, 0.1) is 0 Å². The van der Waals surface area contributed by atoms with E-state index in [0.717, 1.165) is 11.2 Å². The van der Waals surface area contributed by atoms with Crippen LogP contribution in [-0.2, 0) is 10.2 Å². The number of nitrogens with two attached hydrogens (primary N) is 1. The van der Waals surface area contributed by atoms with Gasteiger partial charge in [0.15, 0.2) is 0 Å². The van der Waals surface area contributed by atoms with Crippen LogP contribution in [0.1, 0.15) is 12.8 Å². The smallest absolute Gasteiger partial charge is 0.276 e. The van der Waals surface area contributed by atoms with Crippen LogP contribution in [0.4, 0.5) is 5.82 Å². The van der Waals surface area contributed by atoms with Gasteiger partial charge < -0.3 is 9.88 Å². The fourth-order valence-electron chi connectivity index (χ4n) is 2.80. The molecule has 0 amide bonds. The monoisotopic (exact) mass is 344 g/mol. The van der Waals surface area contributed by atoms with Crippen molar-refractivity contribution in [3.05, 3.63) is 17.5 Å². The summed E-state index contributed by atoms with van der Waals surface area (Å²) >= 11 is 6.19. The molecule has 2 aromatic heterocycles. The summed E-state index contributed by atoms with van der Waals surface area (Å²) in [7, 11) is -2.14. The number of rotatable bonds is 3. The van der Waals surface area contributed by atoms with Crippen molar-refractivity contribution in [1.29, 1.82) is 0 Å². The molecule has 1 fully saturated rings. The minimum Gasteiger partial charge on any atom is -0.356 e. The molecule has 1 aliphatic heterocycles. The van der Waals surface area contributed by atoms with Crippen molar-refractivity contribution >= 4 is 38.7 Å². The van der Waals surface area contributed by atoms with Crippen LogP contribution >= 0.6 is 11.6 Å². The number of piperidine rings is 1. The first-order valence-electron chi connectivity index (χ1n) is 6.86. The first kappa shape index (κ1) is 15.5. The highest BCUT2D eigenvalue weighted by Gasteiger charge is 2.29. The summed E-state index contributed by atoms with van der Waals surface area (Å²) < 4.78 is 24.1. The first-order valence-corrected chi connectivity index (χ1v) is 8.74. The SMILES string of the molecule is CN(C1CCN(c2ncnc3[nH]cc(Cl)c23)CC1)S(N)(=O)=O. The van der Waals surface area contributed by atoms with Crippen LogP contribution in [0.2, 0.25) is 5.02 Å². The van der Waals surface area contributed by atoms with Gasteiger partial charge in [0.25, 0.3) is 10.2 Å². The van der Waals surface area contributed by atoms with Crippen molar-refractivity contribution in [2.24, 2.45) is 5.14 Å². The predicted octanol–water partition coefficient (Wildman–Crippen LogP) is 0.715. The molecule has 3 heterocycles. The van der Waals surface area contributed by atoms with Crippen molar-refractivity contribution in [3.8, 4) is 0 Å². The molecular weight excluding hydrogens is 328 g/mol. The van der Waals surface area contributed by atoms with Gasteiger partial charge in [-0.15, -0.1) is 0 Å². The van der Waals surface area contributed by atoms with Crippen molar-refractivity contribution in [2.45, 2.75) is 18.9 Å². The van der Waals surface area contributed by atoms with Gasteiger partial charge >= 0.3 is 0 Å². The van der Waals surface area contributed by atoms with Crippen LogP contribution in [0.15, 0.2) is 12.5 Å². The lowest BCUT2D eigenvalue weighted by atomic mass is 10.1. The summed E-state index contributed by atoms with van der Waals surface area (Å²) in [5.74, 6) is 0.771. The van der Waals surface area contributed by atoms with Gasteiger partial charge in [0.1, 0.15) is 17.8 Å². The number of nitrogens with one attached hydrogen (secondary N) is 1. The quantitative estimate of drug-likeness (QED) is 0.852. The number of fused-ring (bicyclic) bond motifs is 1.